The molecule has 3 nitrogen and oxygen atoms in total. The normalized spacial score (nSPS) is 12.5. The monoisotopic (exact) mass is 290 g/mol. The Morgan fingerprint density at radius 2 is 1.76 bits per heavy atom. The minimum atomic E-state index is 0.124. The van der Waals surface area contributed by atoms with Crippen LogP contribution < -0.4 is 5.32 Å². The summed E-state index contributed by atoms with van der Waals surface area (Å²) in [5, 5.41) is 3.06. The van der Waals surface area contributed by atoms with Crippen molar-refractivity contribution in [3.63, 3.8) is 0 Å². The molecule has 1 atom stereocenters. The van der Waals surface area contributed by atoms with Crippen LogP contribution in [-0.2, 0) is 4.79 Å². The zero-order valence-corrected chi connectivity index (χ0v) is 14.2. The van der Waals surface area contributed by atoms with E-state index in [-0.39, 0.29) is 5.91 Å². The third-order valence-electron chi connectivity index (χ3n) is 4.21. The van der Waals surface area contributed by atoms with Crippen LogP contribution >= 0.6 is 0 Å². The molecule has 1 rings (SSSR count). The van der Waals surface area contributed by atoms with Crippen molar-refractivity contribution < 1.29 is 4.79 Å². The number of benzene rings is 1. The molecule has 0 fully saturated rings. The third-order valence-corrected chi connectivity index (χ3v) is 4.21. The molecular formula is C18H30N2O. The molecule has 0 saturated heterocycles. The average molecular weight is 290 g/mol. The van der Waals surface area contributed by atoms with E-state index in [1.54, 1.807) is 0 Å². The lowest BCUT2D eigenvalue weighted by Gasteiger charge is -2.26. The third kappa shape index (κ3) is 5.50. The van der Waals surface area contributed by atoms with Gasteiger partial charge in [-0.1, -0.05) is 32.0 Å². The van der Waals surface area contributed by atoms with Gasteiger partial charge in [0.15, 0.2) is 0 Å². The van der Waals surface area contributed by atoms with Crippen LogP contribution in [0.15, 0.2) is 18.2 Å². The van der Waals surface area contributed by atoms with Crippen molar-refractivity contribution in [2.75, 3.05) is 18.4 Å². The van der Waals surface area contributed by atoms with Gasteiger partial charge in [-0.25, -0.2) is 0 Å². The molecule has 0 spiro atoms. The summed E-state index contributed by atoms with van der Waals surface area (Å²) in [7, 11) is 0. The van der Waals surface area contributed by atoms with Gasteiger partial charge in [0, 0.05) is 18.2 Å². The van der Waals surface area contributed by atoms with Gasteiger partial charge in [0.1, 0.15) is 0 Å². The smallest absolute Gasteiger partial charge is 0.224 e. The highest BCUT2D eigenvalue weighted by Crippen LogP contribution is 2.20. The lowest BCUT2D eigenvalue weighted by atomic mass is 10.1. The molecule has 0 aliphatic carbocycles. The Hall–Kier alpha value is -1.35. The molecule has 3 heteroatoms. The van der Waals surface area contributed by atoms with Crippen molar-refractivity contribution in [1.82, 2.24) is 4.90 Å². The summed E-state index contributed by atoms with van der Waals surface area (Å²) in [5.74, 6) is 0.124. The van der Waals surface area contributed by atoms with Crippen molar-refractivity contribution >= 4 is 11.6 Å². The molecule has 0 aliphatic rings. The predicted molar refractivity (Wildman–Crippen MR) is 90.8 cm³/mol. The van der Waals surface area contributed by atoms with Crippen LogP contribution in [0.3, 0.4) is 0 Å². The van der Waals surface area contributed by atoms with Crippen LogP contribution in [0, 0.1) is 13.8 Å². The van der Waals surface area contributed by atoms with Crippen molar-refractivity contribution in [2.45, 2.75) is 59.9 Å². The van der Waals surface area contributed by atoms with E-state index < -0.39 is 0 Å². The van der Waals surface area contributed by atoms with Crippen LogP contribution in [0.25, 0.3) is 0 Å². The van der Waals surface area contributed by atoms with Gasteiger partial charge in [-0.3, -0.25) is 4.79 Å². The van der Waals surface area contributed by atoms with E-state index in [1.807, 2.05) is 32.0 Å². The van der Waals surface area contributed by atoms with Crippen molar-refractivity contribution in [1.29, 1.82) is 0 Å². The summed E-state index contributed by atoms with van der Waals surface area (Å²) in [6.07, 6.45) is 2.61. The first-order valence-electron chi connectivity index (χ1n) is 8.09. The molecule has 0 bridgehead atoms. The summed E-state index contributed by atoms with van der Waals surface area (Å²) in [5.41, 5.74) is 3.22. The number of hydrogen-bond donors (Lipinski definition) is 1. The van der Waals surface area contributed by atoms with Gasteiger partial charge in [-0.2, -0.15) is 0 Å². The highest BCUT2D eigenvalue weighted by Gasteiger charge is 2.11. The quantitative estimate of drug-likeness (QED) is 0.780. The summed E-state index contributed by atoms with van der Waals surface area (Å²) >= 11 is 0. The van der Waals surface area contributed by atoms with Crippen LogP contribution in [0.5, 0.6) is 0 Å². The van der Waals surface area contributed by atoms with Gasteiger partial charge in [0.25, 0.3) is 0 Å². The number of para-hydroxylation sites is 1. The molecule has 1 unspecified atom stereocenters. The number of rotatable bonds is 8. The topological polar surface area (TPSA) is 32.3 Å². The molecule has 0 aromatic heterocycles. The Labute approximate surface area is 129 Å². The Bertz CT molecular complexity index is 432. The Kier molecular flexibility index (Phi) is 7.44. The lowest BCUT2D eigenvalue weighted by Crippen LogP contribution is -2.32. The van der Waals surface area contributed by atoms with Crippen molar-refractivity contribution in [3.8, 4) is 0 Å². The van der Waals surface area contributed by atoms with E-state index in [0.29, 0.717) is 12.5 Å². The van der Waals surface area contributed by atoms with Crippen LogP contribution in [0.4, 0.5) is 5.69 Å². The summed E-state index contributed by atoms with van der Waals surface area (Å²) in [6.45, 7) is 12.8. The standard InChI is InChI=1S/C18H30N2O/c1-6-20(7-2)16(5)12-9-13-17(21)19-18-14(3)10-8-11-15(18)4/h8,10-11,16H,6-7,9,12-13H2,1-5H3,(H,19,21). The van der Waals surface area contributed by atoms with Gasteiger partial charge in [-0.05, 0) is 57.8 Å². The van der Waals surface area contributed by atoms with Gasteiger partial charge in [-0.15, -0.1) is 0 Å². The molecule has 1 N–H and O–H groups in total. The van der Waals surface area contributed by atoms with E-state index in [2.05, 4.69) is 31.0 Å². The zero-order chi connectivity index (χ0) is 15.8. The Balaban J connectivity index is 2.41. The summed E-state index contributed by atoms with van der Waals surface area (Å²) in [6, 6.07) is 6.63. The van der Waals surface area contributed by atoms with E-state index in [1.165, 1.54) is 0 Å². The maximum atomic E-state index is 12.1. The fourth-order valence-electron chi connectivity index (χ4n) is 2.80. The average Bonchev–Trinajstić information content (AvgIpc) is 2.44. The largest absolute Gasteiger partial charge is 0.326 e. The minimum absolute atomic E-state index is 0.124. The second-order valence-electron chi connectivity index (χ2n) is 5.78. The molecule has 0 heterocycles. The first kappa shape index (κ1) is 17.7. The summed E-state index contributed by atoms with van der Waals surface area (Å²) in [4.78, 5) is 14.5. The minimum Gasteiger partial charge on any atom is -0.326 e. The maximum Gasteiger partial charge on any atom is 0.224 e. The highest BCUT2D eigenvalue weighted by atomic mass is 16.1. The number of aryl methyl sites for hydroxylation is 2. The van der Waals surface area contributed by atoms with E-state index >= 15 is 0 Å². The molecule has 0 aliphatic heterocycles. The van der Waals surface area contributed by atoms with Gasteiger partial charge >= 0.3 is 0 Å². The number of nitrogens with one attached hydrogen (secondary N) is 1. The van der Waals surface area contributed by atoms with Gasteiger partial charge in [0.05, 0.1) is 0 Å². The van der Waals surface area contributed by atoms with Gasteiger partial charge < -0.3 is 10.2 Å². The van der Waals surface area contributed by atoms with Crippen LogP contribution in [0.1, 0.15) is 51.2 Å². The molecular weight excluding hydrogens is 260 g/mol. The molecule has 0 saturated carbocycles. The lowest BCUT2D eigenvalue weighted by molar-refractivity contribution is -0.116. The first-order valence-corrected chi connectivity index (χ1v) is 8.09. The highest BCUT2D eigenvalue weighted by molar-refractivity contribution is 5.92. The summed E-state index contributed by atoms with van der Waals surface area (Å²) < 4.78 is 0. The van der Waals surface area contributed by atoms with Crippen molar-refractivity contribution in [2.24, 2.45) is 0 Å². The fraction of sp³-hybridized carbons (Fsp3) is 0.611. The van der Waals surface area contributed by atoms with E-state index in [4.69, 9.17) is 0 Å². The number of carbonyl (C=O) groups excluding carboxylic acids is 1. The van der Waals surface area contributed by atoms with Crippen molar-refractivity contribution in [3.05, 3.63) is 29.3 Å². The number of anilines is 1. The van der Waals surface area contributed by atoms with Gasteiger partial charge in [0.2, 0.25) is 5.91 Å². The van der Waals surface area contributed by atoms with Crippen LogP contribution in [0.2, 0.25) is 0 Å². The Morgan fingerprint density at radius 3 is 2.29 bits per heavy atom. The fourth-order valence-corrected chi connectivity index (χ4v) is 2.80. The number of nitrogens with zero attached hydrogens (tertiary/aromatic N) is 1. The number of carbonyl (C=O) groups is 1. The Morgan fingerprint density at radius 1 is 1.19 bits per heavy atom. The predicted octanol–water partition coefficient (Wildman–Crippen LogP) is 4.14. The molecule has 0 radical (unpaired) electrons. The molecule has 1 aromatic rings. The van der Waals surface area contributed by atoms with E-state index in [0.717, 1.165) is 42.7 Å². The number of amides is 1. The second kappa shape index (κ2) is 8.83. The van der Waals surface area contributed by atoms with Crippen LogP contribution in [-0.4, -0.2) is 29.9 Å². The van der Waals surface area contributed by atoms with E-state index in [9.17, 15) is 4.79 Å². The molecule has 118 valence electrons. The maximum absolute atomic E-state index is 12.1. The second-order valence-corrected chi connectivity index (χ2v) is 5.78. The SMILES string of the molecule is CCN(CC)C(C)CCCC(=O)Nc1c(C)cccc1C. The molecule has 1 aromatic carbocycles. The molecule has 21 heavy (non-hydrogen) atoms. The first-order chi connectivity index (χ1) is 9.99. The molecule has 1 amide bonds. The number of hydrogen-bond acceptors (Lipinski definition) is 2. The zero-order valence-electron chi connectivity index (χ0n) is 14.2.